The number of nitrogens with zero attached hydrogens (tertiary/aromatic N) is 1. The molecular weight excluding hydrogens is 288 g/mol. The lowest BCUT2D eigenvalue weighted by molar-refractivity contribution is 0.147. The van der Waals surface area contributed by atoms with Crippen molar-refractivity contribution in [3.8, 4) is 0 Å². The molecule has 0 spiro atoms. The zero-order valence-corrected chi connectivity index (χ0v) is 13.3. The molecule has 1 aromatic carbocycles. The van der Waals surface area contributed by atoms with Crippen molar-refractivity contribution >= 4 is 9.84 Å². The SMILES string of the molecule is COCCN(CCS(=O)(=O)c1ccc(CN)cc1)C1CC1. The van der Waals surface area contributed by atoms with Crippen LogP contribution in [-0.2, 0) is 21.1 Å². The van der Waals surface area contributed by atoms with E-state index in [1.807, 2.05) is 0 Å². The number of ether oxygens (including phenoxy) is 1. The van der Waals surface area contributed by atoms with Crippen LogP contribution in [0.5, 0.6) is 0 Å². The lowest BCUT2D eigenvalue weighted by atomic mass is 10.2. The van der Waals surface area contributed by atoms with Crippen LogP contribution in [0.4, 0.5) is 0 Å². The molecule has 6 heteroatoms. The molecule has 0 aliphatic heterocycles. The minimum Gasteiger partial charge on any atom is -0.383 e. The van der Waals surface area contributed by atoms with Crippen molar-refractivity contribution in [2.24, 2.45) is 5.73 Å². The molecule has 2 N–H and O–H groups in total. The summed E-state index contributed by atoms with van der Waals surface area (Å²) < 4.78 is 29.8. The van der Waals surface area contributed by atoms with Gasteiger partial charge < -0.3 is 10.5 Å². The number of methoxy groups -OCH3 is 1. The van der Waals surface area contributed by atoms with Gasteiger partial charge in [-0.2, -0.15) is 0 Å². The average molecular weight is 312 g/mol. The number of benzene rings is 1. The summed E-state index contributed by atoms with van der Waals surface area (Å²) in [7, 11) is -1.57. The summed E-state index contributed by atoms with van der Waals surface area (Å²) in [5.41, 5.74) is 6.46. The second kappa shape index (κ2) is 7.35. The zero-order valence-electron chi connectivity index (χ0n) is 12.5. The summed E-state index contributed by atoms with van der Waals surface area (Å²) in [4.78, 5) is 2.59. The van der Waals surface area contributed by atoms with Crippen LogP contribution >= 0.6 is 0 Å². The fourth-order valence-corrected chi connectivity index (χ4v) is 3.57. The average Bonchev–Trinajstić information content (AvgIpc) is 3.32. The fraction of sp³-hybridized carbons (Fsp3) is 0.600. The molecule has 0 saturated heterocycles. The maximum Gasteiger partial charge on any atom is 0.179 e. The van der Waals surface area contributed by atoms with Crippen LogP contribution in [0.3, 0.4) is 0 Å². The van der Waals surface area contributed by atoms with Gasteiger partial charge in [-0.25, -0.2) is 8.42 Å². The molecule has 118 valence electrons. The summed E-state index contributed by atoms with van der Waals surface area (Å²) in [6, 6.07) is 7.38. The monoisotopic (exact) mass is 312 g/mol. The van der Waals surface area contributed by atoms with E-state index >= 15 is 0 Å². The first-order chi connectivity index (χ1) is 10.1. The third-order valence-corrected chi connectivity index (χ3v) is 5.52. The largest absolute Gasteiger partial charge is 0.383 e. The smallest absolute Gasteiger partial charge is 0.179 e. The Morgan fingerprint density at radius 1 is 1.24 bits per heavy atom. The Morgan fingerprint density at radius 2 is 1.90 bits per heavy atom. The van der Waals surface area contributed by atoms with E-state index in [1.165, 1.54) is 0 Å². The van der Waals surface area contributed by atoms with E-state index in [0.717, 1.165) is 24.9 Å². The topological polar surface area (TPSA) is 72.6 Å². The van der Waals surface area contributed by atoms with E-state index < -0.39 is 9.84 Å². The van der Waals surface area contributed by atoms with Crippen molar-refractivity contribution in [3.05, 3.63) is 29.8 Å². The predicted octanol–water partition coefficient (Wildman–Crippen LogP) is 1.03. The van der Waals surface area contributed by atoms with E-state index in [4.69, 9.17) is 10.5 Å². The molecule has 5 nitrogen and oxygen atoms in total. The molecule has 1 aromatic rings. The summed E-state index contributed by atoms with van der Waals surface area (Å²) in [5.74, 6) is 0.148. The highest BCUT2D eigenvalue weighted by Crippen LogP contribution is 2.26. The maximum atomic E-state index is 12.4. The van der Waals surface area contributed by atoms with Gasteiger partial charge in [0.2, 0.25) is 0 Å². The van der Waals surface area contributed by atoms with Crippen LogP contribution in [0.25, 0.3) is 0 Å². The molecule has 1 saturated carbocycles. The highest BCUT2D eigenvalue weighted by molar-refractivity contribution is 7.91. The Bertz CT molecular complexity index is 539. The molecule has 2 rings (SSSR count). The Kier molecular flexibility index (Phi) is 5.75. The van der Waals surface area contributed by atoms with E-state index in [1.54, 1.807) is 31.4 Å². The summed E-state index contributed by atoms with van der Waals surface area (Å²) in [6.45, 7) is 2.42. The number of sulfone groups is 1. The van der Waals surface area contributed by atoms with Crippen LogP contribution in [0.15, 0.2) is 29.2 Å². The van der Waals surface area contributed by atoms with E-state index in [0.29, 0.717) is 30.6 Å². The van der Waals surface area contributed by atoms with Crippen LogP contribution in [0, 0.1) is 0 Å². The molecule has 0 unspecified atom stereocenters. The first-order valence-electron chi connectivity index (χ1n) is 7.31. The Hall–Kier alpha value is -0.950. The fourth-order valence-electron chi connectivity index (χ4n) is 2.31. The van der Waals surface area contributed by atoms with Crippen molar-refractivity contribution in [3.63, 3.8) is 0 Å². The normalized spacial score (nSPS) is 15.6. The van der Waals surface area contributed by atoms with Gasteiger partial charge >= 0.3 is 0 Å². The molecular formula is C15H24N2O3S. The third kappa shape index (κ3) is 4.78. The van der Waals surface area contributed by atoms with Crippen LogP contribution in [-0.4, -0.2) is 51.9 Å². The predicted molar refractivity (Wildman–Crippen MR) is 82.9 cm³/mol. The third-order valence-electron chi connectivity index (χ3n) is 3.81. The molecule has 1 aliphatic carbocycles. The summed E-state index contributed by atoms with van der Waals surface area (Å²) in [6.07, 6.45) is 2.32. The van der Waals surface area contributed by atoms with Gasteiger partial charge in [0.1, 0.15) is 0 Å². The molecule has 1 aliphatic rings. The molecule has 0 heterocycles. The molecule has 0 atom stereocenters. The molecule has 0 aromatic heterocycles. The first kappa shape index (κ1) is 16.4. The molecule has 1 fully saturated rings. The number of nitrogens with two attached hydrogens (primary N) is 1. The van der Waals surface area contributed by atoms with Gasteiger partial charge in [-0.15, -0.1) is 0 Å². The lowest BCUT2D eigenvalue weighted by Crippen LogP contribution is -2.34. The van der Waals surface area contributed by atoms with Gasteiger partial charge in [-0.1, -0.05) is 12.1 Å². The van der Waals surface area contributed by atoms with Gasteiger partial charge in [0.25, 0.3) is 0 Å². The second-order valence-electron chi connectivity index (χ2n) is 5.43. The zero-order chi connectivity index (χ0) is 15.3. The standard InChI is InChI=1S/C15H24N2O3S/c1-20-10-8-17(14-4-5-14)9-11-21(18,19)15-6-2-13(12-16)3-7-15/h2-3,6-7,14H,4-5,8-12,16H2,1H3. The number of rotatable bonds is 9. The summed E-state index contributed by atoms with van der Waals surface area (Å²) >= 11 is 0. The summed E-state index contributed by atoms with van der Waals surface area (Å²) in [5, 5.41) is 0. The van der Waals surface area contributed by atoms with Crippen molar-refractivity contribution in [2.45, 2.75) is 30.3 Å². The lowest BCUT2D eigenvalue weighted by Gasteiger charge is -2.21. The Morgan fingerprint density at radius 3 is 2.43 bits per heavy atom. The van der Waals surface area contributed by atoms with Crippen molar-refractivity contribution in [1.29, 1.82) is 0 Å². The molecule has 0 amide bonds. The Balaban J connectivity index is 1.95. The van der Waals surface area contributed by atoms with Gasteiger partial charge in [0, 0.05) is 32.8 Å². The molecule has 0 bridgehead atoms. The van der Waals surface area contributed by atoms with Crippen molar-refractivity contribution in [2.75, 3.05) is 32.6 Å². The van der Waals surface area contributed by atoms with Crippen LogP contribution in [0.2, 0.25) is 0 Å². The minimum absolute atomic E-state index is 0.148. The highest BCUT2D eigenvalue weighted by Gasteiger charge is 2.29. The molecule has 0 radical (unpaired) electrons. The van der Waals surface area contributed by atoms with Gasteiger partial charge in [0.15, 0.2) is 9.84 Å². The van der Waals surface area contributed by atoms with E-state index in [9.17, 15) is 8.42 Å². The quantitative estimate of drug-likeness (QED) is 0.737. The second-order valence-corrected chi connectivity index (χ2v) is 7.54. The first-order valence-corrected chi connectivity index (χ1v) is 8.97. The van der Waals surface area contributed by atoms with Gasteiger partial charge in [-0.05, 0) is 30.5 Å². The maximum absolute atomic E-state index is 12.4. The van der Waals surface area contributed by atoms with Crippen molar-refractivity contribution in [1.82, 2.24) is 4.90 Å². The van der Waals surface area contributed by atoms with Gasteiger partial charge in [0.05, 0.1) is 17.3 Å². The minimum atomic E-state index is -3.23. The Labute approximate surface area is 127 Å². The number of hydrogen-bond acceptors (Lipinski definition) is 5. The van der Waals surface area contributed by atoms with E-state index in [-0.39, 0.29) is 5.75 Å². The highest BCUT2D eigenvalue weighted by atomic mass is 32.2. The van der Waals surface area contributed by atoms with Crippen molar-refractivity contribution < 1.29 is 13.2 Å². The molecule has 21 heavy (non-hydrogen) atoms. The van der Waals surface area contributed by atoms with Gasteiger partial charge in [-0.3, -0.25) is 4.90 Å². The number of hydrogen-bond donors (Lipinski definition) is 1. The van der Waals surface area contributed by atoms with Crippen LogP contribution in [0.1, 0.15) is 18.4 Å². The van der Waals surface area contributed by atoms with Crippen LogP contribution < -0.4 is 5.73 Å². The van der Waals surface area contributed by atoms with E-state index in [2.05, 4.69) is 4.90 Å².